The van der Waals surface area contributed by atoms with Crippen molar-refractivity contribution < 1.29 is 0 Å². The fraction of sp³-hybridized carbons (Fsp3) is 0. The SMILES string of the molecule is c1ccc(Nc2cc(-c3ccccc3)nn2-c2ccccn2)cc1. The van der Waals surface area contributed by atoms with Crippen molar-refractivity contribution in [2.45, 2.75) is 0 Å². The third kappa shape index (κ3) is 2.90. The van der Waals surface area contributed by atoms with Crippen molar-refractivity contribution in [2.24, 2.45) is 0 Å². The first kappa shape index (κ1) is 14.2. The van der Waals surface area contributed by atoms with E-state index in [0.717, 1.165) is 28.6 Å². The largest absolute Gasteiger partial charge is 0.340 e. The molecule has 0 unspecified atom stereocenters. The van der Waals surface area contributed by atoms with Crippen LogP contribution < -0.4 is 5.32 Å². The maximum atomic E-state index is 4.74. The van der Waals surface area contributed by atoms with Crippen LogP contribution in [0.3, 0.4) is 0 Å². The molecule has 24 heavy (non-hydrogen) atoms. The molecule has 0 aliphatic heterocycles. The minimum Gasteiger partial charge on any atom is -0.340 e. The van der Waals surface area contributed by atoms with Crippen molar-refractivity contribution >= 4 is 11.5 Å². The van der Waals surface area contributed by atoms with E-state index in [0.29, 0.717) is 0 Å². The first-order valence-corrected chi connectivity index (χ1v) is 7.79. The summed E-state index contributed by atoms with van der Waals surface area (Å²) in [6.45, 7) is 0. The topological polar surface area (TPSA) is 42.7 Å². The molecule has 2 aromatic carbocycles. The van der Waals surface area contributed by atoms with Crippen LogP contribution in [0.2, 0.25) is 0 Å². The predicted octanol–water partition coefficient (Wildman–Crippen LogP) is 4.68. The summed E-state index contributed by atoms with van der Waals surface area (Å²) in [5.74, 6) is 1.65. The van der Waals surface area contributed by atoms with Gasteiger partial charge < -0.3 is 5.32 Å². The Morgan fingerprint density at radius 2 is 1.46 bits per heavy atom. The molecule has 0 aliphatic rings. The number of pyridine rings is 1. The normalized spacial score (nSPS) is 10.5. The molecule has 0 saturated carbocycles. The Labute approximate surface area is 140 Å². The van der Waals surface area contributed by atoms with Gasteiger partial charge in [0.1, 0.15) is 5.82 Å². The van der Waals surface area contributed by atoms with Gasteiger partial charge in [-0.2, -0.15) is 9.78 Å². The first-order valence-electron chi connectivity index (χ1n) is 7.79. The summed E-state index contributed by atoms with van der Waals surface area (Å²) < 4.78 is 1.83. The van der Waals surface area contributed by atoms with Crippen LogP contribution in [0.5, 0.6) is 0 Å². The molecule has 0 spiro atoms. The molecule has 4 aromatic rings. The lowest BCUT2D eigenvalue weighted by atomic mass is 10.1. The zero-order valence-electron chi connectivity index (χ0n) is 13.0. The Bertz CT molecular complexity index is 916. The number of rotatable bonds is 4. The number of benzene rings is 2. The Morgan fingerprint density at radius 1 is 0.750 bits per heavy atom. The highest BCUT2D eigenvalue weighted by molar-refractivity contribution is 5.67. The maximum Gasteiger partial charge on any atom is 0.155 e. The predicted molar refractivity (Wildman–Crippen MR) is 96.5 cm³/mol. The second kappa shape index (κ2) is 6.38. The van der Waals surface area contributed by atoms with E-state index < -0.39 is 0 Å². The molecule has 4 heteroatoms. The number of nitrogens with one attached hydrogen (secondary N) is 1. The minimum absolute atomic E-state index is 0.776. The van der Waals surface area contributed by atoms with Gasteiger partial charge in [-0.15, -0.1) is 0 Å². The molecule has 1 N–H and O–H groups in total. The van der Waals surface area contributed by atoms with E-state index in [1.54, 1.807) is 6.20 Å². The average Bonchev–Trinajstić information content (AvgIpc) is 3.08. The summed E-state index contributed by atoms with van der Waals surface area (Å²) in [5, 5.41) is 8.16. The van der Waals surface area contributed by atoms with Crippen molar-refractivity contribution in [2.75, 3.05) is 5.32 Å². The van der Waals surface area contributed by atoms with Gasteiger partial charge in [-0.05, 0) is 24.3 Å². The van der Waals surface area contributed by atoms with Crippen molar-refractivity contribution in [3.05, 3.63) is 91.1 Å². The van der Waals surface area contributed by atoms with Crippen LogP contribution in [-0.4, -0.2) is 14.8 Å². The van der Waals surface area contributed by atoms with Crippen molar-refractivity contribution in [3.63, 3.8) is 0 Å². The van der Waals surface area contributed by atoms with Crippen LogP contribution in [0.15, 0.2) is 91.1 Å². The molecule has 4 nitrogen and oxygen atoms in total. The Morgan fingerprint density at radius 3 is 2.17 bits per heavy atom. The Balaban J connectivity index is 1.80. The maximum absolute atomic E-state index is 4.74. The molecule has 2 aromatic heterocycles. The molecule has 0 radical (unpaired) electrons. The number of para-hydroxylation sites is 1. The van der Waals surface area contributed by atoms with Gasteiger partial charge in [0.05, 0.1) is 5.69 Å². The van der Waals surface area contributed by atoms with E-state index in [-0.39, 0.29) is 0 Å². The zero-order chi connectivity index (χ0) is 16.2. The summed E-state index contributed by atoms with van der Waals surface area (Å²) in [5.41, 5.74) is 2.98. The highest BCUT2D eigenvalue weighted by atomic mass is 15.4. The van der Waals surface area contributed by atoms with Gasteiger partial charge in [-0.1, -0.05) is 54.6 Å². The summed E-state index contributed by atoms with van der Waals surface area (Å²) in [6, 6.07) is 28.0. The molecule has 116 valence electrons. The lowest BCUT2D eigenvalue weighted by Gasteiger charge is -2.08. The van der Waals surface area contributed by atoms with Crippen LogP contribution in [0.25, 0.3) is 17.1 Å². The monoisotopic (exact) mass is 312 g/mol. The minimum atomic E-state index is 0.776. The molecule has 0 saturated heterocycles. The molecule has 0 bridgehead atoms. The van der Waals surface area contributed by atoms with Crippen LogP contribution in [0.4, 0.5) is 11.5 Å². The summed E-state index contributed by atoms with van der Waals surface area (Å²) in [7, 11) is 0. The summed E-state index contributed by atoms with van der Waals surface area (Å²) in [6.07, 6.45) is 1.77. The molecule has 0 atom stereocenters. The zero-order valence-corrected chi connectivity index (χ0v) is 13.0. The molecule has 2 heterocycles. The molecule has 0 fully saturated rings. The van der Waals surface area contributed by atoms with E-state index >= 15 is 0 Å². The van der Waals surface area contributed by atoms with Crippen LogP contribution in [0, 0.1) is 0 Å². The second-order valence-corrected chi connectivity index (χ2v) is 5.37. The van der Waals surface area contributed by atoms with Crippen LogP contribution in [0.1, 0.15) is 0 Å². The van der Waals surface area contributed by atoms with Gasteiger partial charge in [0.15, 0.2) is 5.82 Å². The number of hydrogen-bond donors (Lipinski definition) is 1. The highest BCUT2D eigenvalue weighted by Crippen LogP contribution is 2.26. The van der Waals surface area contributed by atoms with Gasteiger partial charge in [0, 0.05) is 23.5 Å². The summed E-state index contributed by atoms with van der Waals surface area (Å²) in [4.78, 5) is 4.42. The highest BCUT2D eigenvalue weighted by Gasteiger charge is 2.12. The van der Waals surface area contributed by atoms with Gasteiger partial charge in [0.2, 0.25) is 0 Å². The molecular weight excluding hydrogens is 296 g/mol. The lowest BCUT2D eigenvalue weighted by molar-refractivity contribution is 0.858. The lowest BCUT2D eigenvalue weighted by Crippen LogP contribution is -2.04. The number of nitrogens with zero attached hydrogens (tertiary/aromatic N) is 3. The average molecular weight is 312 g/mol. The Hall–Kier alpha value is -3.40. The smallest absolute Gasteiger partial charge is 0.155 e. The second-order valence-electron chi connectivity index (χ2n) is 5.37. The van der Waals surface area contributed by atoms with Crippen LogP contribution in [-0.2, 0) is 0 Å². The fourth-order valence-electron chi connectivity index (χ4n) is 2.54. The van der Waals surface area contributed by atoms with Gasteiger partial charge >= 0.3 is 0 Å². The van der Waals surface area contributed by atoms with Crippen molar-refractivity contribution in [1.82, 2.24) is 14.8 Å². The molecule has 4 rings (SSSR count). The standard InChI is InChI=1S/C20H16N4/c1-3-9-16(10-4-1)18-15-20(22-17-11-5-2-6-12-17)24(23-18)19-13-7-8-14-21-19/h1-15,22H. The van der Waals surface area contributed by atoms with E-state index in [4.69, 9.17) is 5.10 Å². The molecule has 0 aliphatic carbocycles. The van der Waals surface area contributed by atoms with Gasteiger partial charge in [0.25, 0.3) is 0 Å². The van der Waals surface area contributed by atoms with Crippen molar-refractivity contribution in [1.29, 1.82) is 0 Å². The fourth-order valence-corrected chi connectivity index (χ4v) is 2.54. The van der Waals surface area contributed by atoms with E-state index in [1.807, 2.05) is 77.5 Å². The van der Waals surface area contributed by atoms with E-state index in [1.165, 1.54) is 0 Å². The third-order valence-corrected chi connectivity index (χ3v) is 3.69. The van der Waals surface area contributed by atoms with Crippen LogP contribution >= 0.6 is 0 Å². The first-order chi connectivity index (χ1) is 11.9. The number of hydrogen-bond acceptors (Lipinski definition) is 3. The van der Waals surface area contributed by atoms with E-state index in [9.17, 15) is 0 Å². The quantitative estimate of drug-likeness (QED) is 0.595. The molecule has 0 amide bonds. The summed E-state index contributed by atoms with van der Waals surface area (Å²) >= 11 is 0. The molecular formula is C20H16N4. The van der Waals surface area contributed by atoms with Crippen molar-refractivity contribution in [3.8, 4) is 17.1 Å². The number of anilines is 2. The third-order valence-electron chi connectivity index (χ3n) is 3.69. The Kier molecular flexibility index (Phi) is 3.78. The van der Waals surface area contributed by atoms with Gasteiger partial charge in [-0.25, -0.2) is 4.98 Å². The van der Waals surface area contributed by atoms with E-state index in [2.05, 4.69) is 22.4 Å². The van der Waals surface area contributed by atoms with Gasteiger partial charge in [-0.3, -0.25) is 0 Å². The number of aromatic nitrogens is 3.